The van der Waals surface area contributed by atoms with Crippen molar-refractivity contribution in [3.05, 3.63) is 42.0 Å². The molecular formula is C14H15F2N5O. The maximum Gasteiger partial charge on any atom is 0.320 e. The monoisotopic (exact) mass is 307 g/mol. The number of halogens is 2. The number of methoxy groups -OCH3 is 1. The van der Waals surface area contributed by atoms with E-state index in [0.29, 0.717) is 23.3 Å². The van der Waals surface area contributed by atoms with Crippen molar-refractivity contribution in [2.24, 2.45) is 0 Å². The fourth-order valence-electron chi connectivity index (χ4n) is 2.40. The summed E-state index contributed by atoms with van der Waals surface area (Å²) in [6.45, 7) is -0.601. The summed E-state index contributed by atoms with van der Waals surface area (Å²) >= 11 is 0. The molecule has 0 saturated heterocycles. The number of hydrogen-bond donors (Lipinski definition) is 0. The lowest BCUT2D eigenvalue weighted by Crippen LogP contribution is -2.15. The minimum atomic E-state index is -2.67. The third-order valence-electron chi connectivity index (χ3n) is 3.44. The minimum absolute atomic E-state index is 0.241. The first-order chi connectivity index (χ1) is 10.6. The smallest absolute Gasteiger partial charge is 0.320 e. The number of rotatable bonds is 5. The quantitative estimate of drug-likeness (QED) is 0.727. The van der Waals surface area contributed by atoms with Gasteiger partial charge in [0.2, 0.25) is 0 Å². The molecule has 0 aliphatic heterocycles. The standard InChI is InChI=1S/C14H15F2N5O/c1-9(20-7-10(8-22-2)18-19-20)13-17-11-5-3-4-6-12(11)21(13)14(15)16/h3-7,9,14H,8H2,1-2H3. The normalized spacial score (nSPS) is 13.1. The van der Waals surface area contributed by atoms with Crippen LogP contribution < -0.4 is 0 Å². The summed E-state index contributed by atoms with van der Waals surface area (Å²) in [6, 6.07) is 6.35. The lowest BCUT2D eigenvalue weighted by atomic mass is 10.3. The van der Waals surface area contributed by atoms with E-state index >= 15 is 0 Å². The number of aromatic nitrogens is 5. The lowest BCUT2D eigenvalue weighted by Gasteiger charge is -2.13. The molecule has 116 valence electrons. The topological polar surface area (TPSA) is 57.8 Å². The van der Waals surface area contributed by atoms with Crippen LogP contribution in [0.25, 0.3) is 11.0 Å². The third-order valence-corrected chi connectivity index (χ3v) is 3.44. The highest BCUT2D eigenvalue weighted by atomic mass is 19.3. The Balaban J connectivity index is 2.05. The van der Waals surface area contributed by atoms with E-state index in [9.17, 15) is 8.78 Å². The van der Waals surface area contributed by atoms with Gasteiger partial charge < -0.3 is 4.74 Å². The number of fused-ring (bicyclic) bond motifs is 1. The van der Waals surface area contributed by atoms with Crippen LogP contribution in [0.4, 0.5) is 8.78 Å². The average Bonchev–Trinajstić information content (AvgIpc) is 3.10. The molecular weight excluding hydrogens is 292 g/mol. The van der Waals surface area contributed by atoms with Crippen LogP contribution in [0, 0.1) is 0 Å². The van der Waals surface area contributed by atoms with Crippen LogP contribution in [-0.4, -0.2) is 31.7 Å². The van der Waals surface area contributed by atoms with Crippen molar-refractivity contribution < 1.29 is 13.5 Å². The number of hydrogen-bond acceptors (Lipinski definition) is 4. The highest BCUT2D eigenvalue weighted by Crippen LogP contribution is 2.28. The molecule has 6 nitrogen and oxygen atoms in total. The molecule has 0 saturated carbocycles. The molecule has 2 aromatic heterocycles. The van der Waals surface area contributed by atoms with Gasteiger partial charge in [-0.1, -0.05) is 17.3 Å². The molecule has 1 unspecified atom stereocenters. The van der Waals surface area contributed by atoms with Gasteiger partial charge in [0.1, 0.15) is 17.6 Å². The number of ether oxygens (including phenoxy) is 1. The summed E-state index contributed by atoms with van der Waals surface area (Å²) in [5.74, 6) is 0.241. The van der Waals surface area contributed by atoms with E-state index in [4.69, 9.17) is 4.74 Å². The molecule has 1 aromatic carbocycles. The van der Waals surface area contributed by atoms with Gasteiger partial charge in [-0.2, -0.15) is 8.78 Å². The number of benzene rings is 1. The van der Waals surface area contributed by atoms with Crippen molar-refractivity contribution in [1.29, 1.82) is 0 Å². The fraction of sp³-hybridized carbons (Fsp3) is 0.357. The second kappa shape index (κ2) is 5.80. The Labute approximate surface area is 125 Å². The predicted octanol–water partition coefficient (Wildman–Crippen LogP) is 2.78. The molecule has 0 aliphatic carbocycles. The number of nitrogens with zero attached hydrogens (tertiary/aromatic N) is 5. The number of imidazole rings is 1. The molecule has 0 amide bonds. The third kappa shape index (κ3) is 2.45. The van der Waals surface area contributed by atoms with Gasteiger partial charge in [-0.15, -0.1) is 5.10 Å². The van der Waals surface area contributed by atoms with Gasteiger partial charge in [-0.05, 0) is 19.1 Å². The van der Waals surface area contributed by atoms with Crippen LogP contribution >= 0.6 is 0 Å². The zero-order chi connectivity index (χ0) is 15.7. The highest BCUT2D eigenvalue weighted by Gasteiger charge is 2.23. The maximum atomic E-state index is 13.5. The van der Waals surface area contributed by atoms with E-state index < -0.39 is 12.6 Å². The zero-order valence-corrected chi connectivity index (χ0v) is 12.1. The van der Waals surface area contributed by atoms with E-state index in [1.54, 1.807) is 44.5 Å². The van der Waals surface area contributed by atoms with Crippen LogP contribution in [0.1, 0.15) is 31.0 Å². The maximum absolute atomic E-state index is 13.5. The first kappa shape index (κ1) is 14.6. The lowest BCUT2D eigenvalue weighted by molar-refractivity contribution is 0.0696. The van der Waals surface area contributed by atoms with E-state index in [1.807, 2.05) is 0 Å². The number of alkyl halides is 2. The Hall–Kier alpha value is -2.35. The molecule has 0 aliphatic rings. The van der Waals surface area contributed by atoms with E-state index in [1.165, 1.54) is 4.68 Å². The van der Waals surface area contributed by atoms with Crippen molar-refractivity contribution in [1.82, 2.24) is 24.5 Å². The molecule has 0 radical (unpaired) electrons. The Morgan fingerprint density at radius 3 is 2.77 bits per heavy atom. The van der Waals surface area contributed by atoms with Gasteiger partial charge in [-0.25, -0.2) is 9.67 Å². The van der Waals surface area contributed by atoms with E-state index in [0.717, 1.165) is 4.57 Å². The van der Waals surface area contributed by atoms with Crippen molar-refractivity contribution in [3.8, 4) is 0 Å². The van der Waals surface area contributed by atoms with Gasteiger partial charge in [-0.3, -0.25) is 4.57 Å². The van der Waals surface area contributed by atoms with Crippen molar-refractivity contribution in [3.63, 3.8) is 0 Å². The summed E-state index contributed by atoms with van der Waals surface area (Å²) < 4.78 is 34.3. The molecule has 0 bridgehead atoms. The minimum Gasteiger partial charge on any atom is -0.378 e. The molecule has 1 atom stereocenters. The van der Waals surface area contributed by atoms with Crippen LogP contribution in [0.2, 0.25) is 0 Å². The summed E-state index contributed by atoms with van der Waals surface area (Å²) in [4.78, 5) is 4.33. The van der Waals surface area contributed by atoms with Crippen LogP contribution in [0.5, 0.6) is 0 Å². The Morgan fingerprint density at radius 1 is 1.27 bits per heavy atom. The molecule has 0 N–H and O–H groups in total. The van der Waals surface area contributed by atoms with Crippen LogP contribution in [0.15, 0.2) is 30.5 Å². The van der Waals surface area contributed by atoms with Gasteiger partial charge in [0.25, 0.3) is 0 Å². The summed E-state index contributed by atoms with van der Waals surface area (Å²) in [6.07, 6.45) is 1.67. The molecule has 0 fully saturated rings. The van der Waals surface area contributed by atoms with E-state index in [-0.39, 0.29) is 5.82 Å². The number of para-hydroxylation sites is 2. The first-order valence-corrected chi connectivity index (χ1v) is 6.76. The molecule has 22 heavy (non-hydrogen) atoms. The average molecular weight is 307 g/mol. The second-order valence-corrected chi connectivity index (χ2v) is 4.91. The largest absolute Gasteiger partial charge is 0.378 e. The molecule has 3 rings (SSSR count). The van der Waals surface area contributed by atoms with Crippen molar-refractivity contribution >= 4 is 11.0 Å². The molecule has 8 heteroatoms. The van der Waals surface area contributed by atoms with Gasteiger partial charge in [0, 0.05) is 7.11 Å². The molecule has 2 heterocycles. The van der Waals surface area contributed by atoms with E-state index in [2.05, 4.69) is 15.3 Å². The Kier molecular flexibility index (Phi) is 3.84. The van der Waals surface area contributed by atoms with Gasteiger partial charge >= 0.3 is 6.55 Å². The second-order valence-electron chi connectivity index (χ2n) is 4.91. The highest BCUT2D eigenvalue weighted by molar-refractivity contribution is 5.76. The van der Waals surface area contributed by atoms with Crippen molar-refractivity contribution in [2.45, 2.75) is 26.1 Å². The first-order valence-electron chi connectivity index (χ1n) is 6.76. The zero-order valence-electron chi connectivity index (χ0n) is 12.1. The predicted molar refractivity (Wildman–Crippen MR) is 75.5 cm³/mol. The Bertz CT molecular complexity index is 782. The SMILES string of the molecule is COCc1cn(C(C)c2nc3ccccc3n2C(F)F)nn1. The van der Waals surface area contributed by atoms with Gasteiger partial charge in [0.05, 0.1) is 23.8 Å². The summed E-state index contributed by atoms with van der Waals surface area (Å²) in [5.41, 5.74) is 1.56. The van der Waals surface area contributed by atoms with Gasteiger partial charge in [0.15, 0.2) is 0 Å². The molecule has 0 spiro atoms. The summed E-state index contributed by atoms with van der Waals surface area (Å²) in [7, 11) is 1.55. The fourth-order valence-corrected chi connectivity index (χ4v) is 2.40. The van der Waals surface area contributed by atoms with Crippen LogP contribution in [0.3, 0.4) is 0 Å². The molecule has 3 aromatic rings. The van der Waals surface area contributed by atoms with Crippen molar-refractivity contribution in [2.75, 3.05) is 7.11 Å². The van der Waals surface area contributed by atoms with Crippen LogP contribution in [-0.2, 0) is 11.3 Å². The summed E-state index contributed by atoms with van der Waals surface area (Å²) in [5, 5.41) is 7.91. The Morgan fingerprint density at radius 2 is 2.05 bits per heavy atom.